The van der Waals surface area contributed by atoms with Crippen molar-refractivity contribution in [3.8, 4) is 11.5 Å². The Morgan fingerprint density at radius 1 is 1.41 bits per heavy atom. The molecule has 0 aliphatic carbocycles. The number of aromatic nitrogens is 4. The van der Waals surface area contributed by atoms with Crippen LogP contribution in [0.2, 0.25) is 0 Å². The van der Waals surface area contributed by atoms with Gasteiger partial charge in [0.1, 0.15) is 5.69 Å². The van der Waals surface area contributed by atoms with E-state index in [2.05, 4.69) is 15.1 Å². The first-order valence-electron chi connectivity index (χ1n) is 4.74. The van der Waals surface area contributed by atoms with Gasteiger partial charge < -0.3 is 5.11 Å². The first kappa shape index (κ1) is 9.91. The minimum Gasteiger partial charge on any atom is -0.476 e. The van der Waals surface area contributed by atoms with Gasteiger partial charge >= 0.3 is 5.97 Å². The van der Waals surface area contributed by atoms with E-state index in [-0.39, 0.29) is 5.69 Å². The number of rotatable bonds is 2. The topological polar surface area (TPSA) is 80.4 Å². The maximum atomic E-state index is 10.9. The fourth-order valence-corrected chi connectivity index (χ4v) is 2.23. The average Bonchev–Trinajstić information content (AvgIpc) is 2.88. The van der Waals surface area contributed by atoms with Crippen molar-refractivity contribution in [2.24, 2.45) is 0 Å². The Hall–Kier alpha value is -2.28. The molecule has 3 rings (SSSR count). The van der Waals surface area contributed by atoms with Gasteiger partial charge in [-0.05, 0) is 12.1 Å². The van der Waals surface area contributed by atoms with E-state index in [0.717, 1.165) is 0 Å². The van der Waals surface area contributed by atoms with Crippen molar-refractivity contribution in [1.29, 1.82) is 0 Å². The van der Waals surface area contributed by atoms with Crippen LogP contribution in [0.3, 0.4) is 0 Å². The number of thiazole rings is 1. The van der Waals surface area contributed by atoms with Gasteiger partial charge in [-0.3, -0.25) is 4.98 Å². The van der Waals surface area contributed by atoms with E-state index in [1.165, 1.54) is 21.2 Å². The molecule has 6 nitrogen and oxygen atoms in total. The zero-order chi connectivity index (χ0) is 11.8. The summed E-state index contributed by atoms with van der Waals surface area (Å²) >= 11 is 1.24. The second kappa shape index (κ2) is 3.63. The molecule has 3 aromatic rings. The molecule has 0 bridgehead atoms. The van der Waals surface area contributed by atoms with Crippen LogP contribution in [-0.4, -0.2) is 30.7 Å². The third-order valence-electron chi connectivity index (χ3n) is 2.19. The van der Waals surface area contributed by atoms with Gasteiger partial charge in [0, 0.05) is 11.6 Å². The van der Waals surface area contributed by atoms with E-state index >= 15 is 0 Å². The predicted molar refractivity (Wildman–Crippen MR) is 61.1 cm³/mol. The standard InChI is InChI=1S/C10H6N4O2S/c15-9(16)7-5-17-10-12-8(13-14(7)10)6-3-1-2-4-11-6/h1-5H,(H,15,16). The number of pyridine rings is 1. The van der Waals surface area contributed by atoms with E-state index in [1.54, 1.807) is 18.3 Å². The van der Waals surface area contributed by atoms with Crippen LogP contribution in [0.15, 0.2) is 29.8 Å². The molecule has 0 atom stereocenters. The zero-order valence-corrected chi connectivity index (χ0v) is 9.26. The van der Waals surface area contributed by atoms with Gasteiger partial charge in [0.15, 0.2) is 5.69 Å². The normalized spacial score (nSPS) is 10.8. The lowest BCUT2D eigenvalue weighted by molar-refractivity contribution is 0.0688. The molecule has 0 saturated carbocycles. The van der Waals surface area contributed by atoms with Crippen LogP contribution in [0.25, 0.3) is 16.5 Å². The average molecular weight is 246 g/mol. The monoisotopic (exact) mass is 246 g/mol. The Kier molecular flexibility index (Phi) is 2.12. The van der Waals surface area contributed by atoms with Crippen molar-refractivity contribution in [2.45, 2.75) is 0 Å². The van der Waals surface area contributed by atoms with Crippen molar-refractivity contribution in [3.05, 3.63) is 35.5 Å². The molecule has 1 N–H and O–H groups in total. The molecule has 0 fully saturated rings. The third-order valence-corrected chi connectivity index (χ3v) is 3.01. The molecule has 0 radical (unpaired) electrons. The van der Waals surface area contributed by atoms with Gasteiger partial charge in [-0.2, -0.15) is 9.50 Å². The second-order valence-corrected chi connectivity index (χ2v) is 4.11. The number of fused-ring (bicyclic) bond motifs is 1. The first-order valence-corrected chi connectivity index (χ1v) is 5.62. The van der Waals surface area contributed by atoms with Gasteiger partial charge in [0.05, 0.1) is 0 Å². The summed E-state index contributed by atoms with van der Waals surface area (Å²) in [6.07, 6.45) is 1.64. The van der Waals surface area contributed by atoms with Crippen molar-refractivity contribution in [1.82, 2.24) is 19.6 Å². The maximum Gasteiger partial charge on any atom is 0.355 e. The number of nitrogens with zero attached hydrogens (tertiary/aromatic N) is 4. The van der Waals surface area contributed by atoms with Gasteiger partial charge in [-0.1, -0.05) is 6.07 Å². The van der Waals surface area contributed by atoms with E-state index < -0.39 is 5.97 Å². The highest BCUT2D eigenvalue weighted by Crippen LogP contribution is 2.19. The second-order valence-electron chi connectivity index (χ2n) is 3.27. The van der Waals surface area contributed by atoms with Crippen LogP contribution in [0.4, 0.5) is 0 Å². The third kappa shape index (κ3) is 1.56. The van der Waals surface area contributed by atoms with E-state index in [9.17, 15) is 4.79 Å². The smallest absolute Gasteiger partial charge is 0.355 e. The molecule has 0 aliphatic heterocycles. The summed E-state index contributed by atoms with van der Waals surface area (Å²) in [5.41, 5.74) is 0.736. The minimum absolute atomic E-state index is 0.111. The highest BCUT2D eigenvalue weighted by atomic mass is 32.1. The highest BCUT2D eigenvalue weighted by molar-refractivity contribution is 7.15. The molecule has 0 aromatic carbocycles. The summed E-state index contributed by atoms with van der Waals surface area (Å²) < 4.78 is 1.32. The number of carboxylic acids is 1. The van der Waals surface area contributed by atoms with Crippen molar-refractivity contribution < 1.29 is 9.90 Å². The molecule has 0 saturated heterocycles. The lowest BCUT2D eigenvalue weighted by Crippen LogP contribution is -2.01. The first-order chi connectivity index (χ1) is 8.25. The number of hydrogen-bond acceptors (Lipinski definition) is 5. The Morgan fingerprint density at radius 2 is 2.29 bits per heavy atom. The molecule has 0 amide bonds. The molecule has 3 heterocycles. The van der Waals surface area contributed by atoms with Crippen molar-refractivity contribution in [2.75, 3.05) is 0 Å². The van der Waals surface area contributed by atoms with Crippen LogP contribution in [0.1, 0.15) is 10.5 Å². The van der Waals surface area contributed by atoms with Crippen LogP contribution < -0.4 is 0 Å². The molecule has 7 heteroatoms. The summed E-state index contributed by atoms with van der Waals surface area (Å²) in [7, 11) is 0. The number of carbonyl (C=O) groups is 1. The Balaban J connectivity index is 2.18. The Bertz CT molecular complexity index is 689. The molecule has 17 heavy (non-hydrogen) atoms. The van der Waals surface area contributed by atoms with E-state index in [0.29, 0.717) is 16.5 Å². The quantitative estimate of drug-likeness (QED) is 0.742. The molecule has 84 valence electrons. The number of hydrogen-bond donors (Lipinski definition) is 1. The summed E-state index contributed by atoms with van der Waals surface area (Å²) in [4.78, 5) is 19.8. The largest absolute Gasteiger partial charge is 0.476 e. The zero-order valence-electron chi connectivity index (χ0n) is 8.44. The van der Waals surface area contributed by atoms with Crippen molar-refractivity contribution >= 4 is 22.3 Å². The van der Waals surface area contributed by atoms with Gasteiger partial charge in [0.25, 0.3) is 0 Å². The Morgan fingerprint density at radius 3 is 3.00 bits per heavy atom. The summed E-state index contributed by atoms with van der Waals surface area (Å²) in [6.45, 7) is 0. The lowest BCUT2D eigenvalue weighted by Gasteiger charge is -1.91. The van der Waals surface area contributed by atoms with E-state index in [1.807, 2.05) is 6.07 Å². The lowest BCUT2D eigenvalue weighted by atomic mass is 10.3. The Labute approximate surface area is 99.2 Å². The fraction of sp³-hybridized carbons (Fsp3) is 0. The van der Waals surface area contributed by atoms with Gasteiger partial charge in [-0.15, -0.1) is 16.4 Å². The molecule has 0 spiro atoms. The number of aromatic carboxylic acids is 1. The molecular formula is C10H6N4O2S. The predicted octanol–water partition coefficient (Wildman–Crippen LogP) is 1.55. The van der Waals surface area contributed by atoms with Gasteiger partial charge in [-0.25, -0.2) is 4.79 Å². The SMILES string of the molecule is O=C(O)c1csc2nc(-c3ccccn3)nn12. The highest BCUT2D eigenvalue weighted by Gasteiger charge is 2.15. The minimum atomic E-state index is -1.02. The molecule has 0 unspecified atom stereocenters. The van der Waals surface area contributed by atoms with E-state index in [4.69, 9.17) is 5.11 Å². The van der Waals surface area contributed by atoms with Crippen LogP contribution in [0, 0.1) is 0 Å². The fourth-order valence-electron chi connectivity index (χ4n) is 1.43. The summed E-state index contributed by atoms with van der Waals surface area (Å²) in [5.74, 6) is -0.589. The molecule has 3 aromatic heterocycles. The summed E-state index contributed by atoms with van der Waals surface area (Å²) in [6, 6.07) is 5.40. The van der Waals surface area contributed by atoms with Crippen LogP contribution in [-0.2, 0) is 0 Å². The number of carboxylic acid groups (broad SMARTS) is 1. The van der Waals surface area contributed by atoms with Crippen molar-refractivity contribution in [3.63, 3.8) is 0 Å². The van der Waals surface area contributed by atoms with Crippen LogP contribution in [0.5, 0.6) is 0 Å². The molecular weight excluding hydrogens is 240 g/mol. The summed E-state index contributed by atoms with van der Waals surface area (Å²) in [5, 5.41) is 14.6. The maximum absolute atomic E-state index is 10.9. The molecule has 0 aliphatic rings. The van der Waals surface area contributed by atoms with Crippen LogP contribution >= 0.6 is 11.3 Å². The van der Waals surface area contributed by atoms with Gasteiger partial charge in [0.2, 0.25) is 10.8 Å².